The normalized spacial score (nSPS) is 12.1. The Morgan fingerprint density at radius 1 is 1.44 bits per heavy atom. The Morgan fingerprint density at radius 3 is 2.83 bits per heavy atom. The summed E-state index contributed by atoms with van der Waals surface area (Å²) in [5.74, 6) is 0.345. The smallest absolute Gasteiger partial charge is 0.253 e. The number of aromatic nitrogens is 3. The lowest BCUT2D eigenvalue weighted by Gasteiger charge is -2.11. The zero-order chi connectivity index (χ0) is 13.1. The van der Waals surface area contributed by atoms with Crippen LogP contribution in [0.1, 0.15) is 34.8 Å². The minimum absolute atomic E-state index is 0.0378. The summed E-state index contributed by atoms with van der Waals surface area (Å²) in [6.07, 6.45) is 4.37. The van der Waals surface area contributed by atoms with Crippen molar-refractivity contribution < 1.29 is 9.90 Å². The van der Waals surface area contributed by atoms with Gasteiger partial charge in [-0.15, -0.1) is 0 Å². The van der Waals surface area contributed by atoms with Gasteiger partial charge in [0.1, 0.15) is 11.6 Å². The molecule has 0 fully saturated rings. The van der Waals surface area contributed by atoms with Crippen molar-refractivity contribution in [1.82, 2.24) is 20.3 Å². The van der Waals surface area contributed by atoms with Crippen LogP contribution >= 0.6 is 0 Å². The van der Waals surface area contributed by atoms with Crippen molar-refractivity contribution in [2.45, 2.75) is 19.9 Å². The van der Waals surface area contributed by atoms with E-state index in [4.69, 9.17) is 0 Å². The van der Waals surface area contributed by atoms with E-state index in [9.17, 15) is 9.90 Å². The molecule has 2 aromatic rings. The highest BCUT2D eigenvalue weighted by atomic mass is 16.3. The molecule has 3 N–H and O–H groups in total. The van der Waals surface area contributed by atoms with Crippen LogP contribution < -0.4 is 5.32 Å². The van der Waals surface area contributed by atoms with Crippen LogP contribution in [0.25, 0.3) is 0 Å². The fourth-order valence-electron chi connectivity index (χ4n) is 1.55. The van der Waals surface area contributed by atoms with Crippen molar-refractivity contribution in [1.29, 1.82) is 0 Å². The number of H-pyrrole nitrogens is 1. The van der Waals surface area contributed by atoms with Crippen LogP contribution in [0.3, 0.4) is 0 Å². The van der Waals surface area contributed by atoms with E-state index in [1.54, 1.807) is 6.20 Å². The Hall–Kier alpha value is -2.37. The first-order valence-corrected chi connectivity index (χ1v) is 5.52. The molecule has 2 rings (SSSR count). The minimum Gasteiger partial charge on any atom is -0.506 e. The van der Waals surface area contributed by atoms with Gasteiger partial charge in [-0.2, -0.15) is 0 Å². The number of pyridine rings is 1. The molecule has 2 aromatic heterocycles. The number of aryl methyl sites for hydroxylation is 1. The van der Waals surface area contributed by atoms with Crippen LogP contribution in [-0.4, -0.2) is 26.0 Å². The molecule has 1 amide bonds. The Labute approximate surface area is 104 Å². The van der Waals surface area contributed by atoms with Crippen LogP contribution in [0, 0.1) is 6.92 Å². The highest BCUT2D eigenvalue weighted by molar-refractivity contribution is 5.94. The van der Waals surface area contributed by atoms with Crippen molar-refractivity contribution in [2.24, 2.45) is 0 Å². The molecule has 2 heterocycles. The lowest BCUT2D eigenvalue weighted by molar-refractivity contribution is 0.0937. The largest absolute Gasteiger partial charge is 0.506 e. The second-order valence-corrected chi connectivity index (χ2v) is 4.08. The van der Waals surface area contributed by atoms with Gasteiger partial charge >= 0.3 is 0 Å². The monoisotopic (exact) mass is 246 g/mol. The molecule has 1 atom stereocenters. The van der Waals surface area contributed by atoms with Gasteiger partial charge in [-0.3, -0.25) is 9.78 Å². The quantitative estimate of drug-likeness (QED) is 0.761. The van der Waals surface area contributed by atoms with Gasteiger partial charge in [-0.25, -0.2) is 4.98 Å². The molecule has 0 bridgehead atoms. The summed E-state index contributed by atoms with van der Waals surface area (Å²) in [6.45, 7) is 3.72. The third kappa shape index (κ3) is 2.65. The van der Waals surface area contributed by atoms with Gasteiger partial charge in [0.2, 0.25) is 0 Å². The zero-order valence-corrected chi connectivity index (χ0v) is 10.1. The van der Waals surface area contributed by atoms with Crippen LogP contribution in [-0.2, 0) is 0 Å². The van der Waals surface area contributed by atoms with E-state index in [1.165, 1.54) is 18.5 Å². The van der Waals surface area contributed by atoms with Crippen LogP contribution in [0.5, 0.6) is 5.75 Å². The number of hydrogen-bond acceptors (Lipinski definition) is 4. The second-order valence-electron chi connectivity index (χ2n) is 4.08. The van der Waals surface area contributed by atoms with Gasteiger partial charge in [-0.05, 0) is 19.9 Å². The maximum atomic E-state index is 11.9. The number of hydrogen-bond donors (Lipinski definition) is 3. The topological polar surface area (TPSA) is 90.9 Å². The van der Waals surface area contributed by atoms with E-state index in [0.717, 1.165) is 5.69 Å². The molecular formula is C12H14N4O2. The van der Waals surface area contributed by atoms with Gasteiger partial charge in [0.05, 0.1) is 17.8 Å². The minimum atomic E-state index is -0.306. The molecule has 1 unspecified atom stereocenters. The van der Waals surface area contributed by atoms with E-state index in [2.05, 4.69) is 20.3 Å². The molecule has 0 saturated heterocycles. The maximum absolute atomic E-state index is 11.9. The number of aromatic hydroxyl groups is 1. The van der Waals surface area contributed by atoms with E-state index < -0.39 is 0 Å². The summed E-state index contributed by atoms with van der Waals surface area (Å²) < 4.78 is 0. The Kier molecular flexibility index (Phi) is 3.27. The molecular weight excluding hydrogens is 232 g/mol. The van der Waals surface area contributed by atoms with E-state index in [0.29, 0.717) is 11.4 Å². The van der Waals surface area contributed by atoms with E-state index in [-0.39, 0.29) is 17.7 Å². The van der Waals surface area contributed by atoms with Crippen molar-refractivity contribution in [3.05, 3.63) is 41.7 Å². The second kappa shape index (κ2) is 4.87. The van der Waals surface area contributed by atoms with Gasteiger partial charge in [0.15, 0.2) is 0 Å². The summed E-state index contributed by atoms with van der Waals surface area (Å²) in [7, 11) is 0. The van der Waals surface area contributed by atoms with Gasteiger partial charge in [0, 0.05) is 18.1 Å². The Morgan fingerprint density at radius 2 is 2.22 bits per heavy atom. The molecule has 0 saturated carbocycles. The standard InChI is InChI=1S/C12H14N4O2/c1-7-4-14-11(15-7)8(2)16-12(18)9-3-10(17)6-13-5-9/h3-6,8,17H,1-2H3,(H,14,15)(H,16,18). The third-order valence-electron chi connectivity index (χ3n) is 2.47. The number of carbonyl (C=O) groups is 1. The Balaban J connectivity index is 2.08. The number of nitrogens with zero attached hydrogens (tertiary/aromatic N) is 2. The van der Waals surface area contributed by atoms with Crippen molar-refractivity contribution in [2.75, 3.05) is 0 Å². The molecule has 6 nitrogen and oxygen atoms in total. The molecule has 0 aliphatic rings. The van der Waals surface area contributed by atoms with Gasteiger partial charge in [0.25, 0.3) is 5.91 Å². The molecule has 0 aliphatic heterocycles. The van der Waals surface area contributed by atoms with Gasteiger partial charge in [-0.1, -0.05) is 0 Å². The van der Waals surface area contributed by atoms with Crippen molar-refractivity contribution >= 4 is 5.91 Å². The molecule has 0 radical (unpaired) electrons. The molecule has 0 aromatic carbocycles. The summed E-state index contributed by atoms with van der Waals surface area (Å²) in [6, 6.07) is 1.12. The summed E-state index contributed by atoms with van der Waals surface area (Å²) in [5.41, 5.74) is 1.25. The molecule has 0 aliphatic carbocycles. The lowest BCUT2D eigenvalue weighted by atomic mass is 10.2. The lowest BCUT2D eigenvalue weighted by Crippen LogP contribution is -2.27. The van der Waals surface area contributed by atoms with Crippen LogP contribution in [0.15, 0.2) is 24.7 Å². The predicted octanol–water partition coefficient (Wildman–Crippen LogP) is 1.31. The highest BCUT2D eigenvalue weighted by Gasteiger charge is 2.14. The SMILES string of the molecule is Cc1cnc(C(C)NC(=O)c2cncc(O)c2)[nH]1. The fourth-order valence-corrected chi connectivity index (χ4v) is 1.55. The first kappa shape index (κ1) is 12.1. The number of nitrogens with one attached hydrogen (secondary N) is 2. The average Bonchev–Trinajstić information content (AvgIpc) is 2.76. The van der Waals surface area contributed by atoms with E-state index >= 15 is 0 Å². The highest BCUT2D eigenvalue weighted by Crippen LogP contribution is 2.11. The molecule has 18 heavy (non-hydrogen) atoms. The molecule has 6 heteroatoms. The summed E-state index contributed by atoms with van der Waals surface area (Å²) >= 11 is 0. The van der Waals surface area contributed by atoms with Crippen LogP contribution in [0.4, 0.5) is 0 Å². The van der Waals surface area contributed by atoms with Crippen molar-refractivity contribution in [3.8, 4) is 5.75 Å². The van der Waals surface area contributed by atoms with Crippen LogP contribution in [0.2, 0.25) is 0 Å². The summed E-state index contributed by atoms with van der Waals surface area (Å²) in [5, 5.41) is 12.0. The van der Waals surface area contributed by atoms with Gasteiger partial charge < -0.3 is 15.4 Å². The molecule has 0 spiro atoms. The summed E-state index contributed by atoms with van der Waals surface area (Å²) in [4.78, 5) is 22.8. The Bertz CT molecular complexity index is 565. The number of imidazole rings is 1. The zero-order valence-electron chi connectivity index (χ0n) is 10.1. The van der Waals surface area contributed by atoms with Crippen molar-refractivity contribution in [3.63, 3.8) is 0 Å². The first-order chi connectivity index (χ1) is 8.56. The number of amides is 1. The average molecular weight is 246 g/mol. The predicted molar refractivity (Wildman–Crippen MR) is 65.1 cm³/mol. The van der Waals surface area contributed by atoms with E-state index in [1.807, 2.05) is 13.8 Å². The number of aromatic amines is 1. The fraction of sp³-hybridized carbons (Fsp3) is 0.250. The third-order valence-corrected chi connectivity index (χ3v) is 2.47. The molecule has 94 valence electrons. The first-order valence-electron chi connectivity index (χ1n) is 5.52. The maximum Gasteiger partial charge on any atom is 0.253 e. The number of rotatable bonds is 3. The number of carbonyl (C=O) groups excluding carboxylic acids is 1.